The maximum atomic E-state index is 13.0. The van der Waals surface area contributed by atoms with Gasteiger partial charge in [-0.2, -0.15) is 0 Å². The highest BCUT2D eigenvalue weighted by molar-refractivity contribution is 6.22. The third kappa shape index (κ3) is 3.62. The largest absolute Gasteiger partial charge is 0.354 e. The Kier molecular flexibility index (Phi) is 5.90. The van der Waals surface area contributed by atoms with Crippen LogP contribution in [0.3, 0.4) is 0 Å². The van der Waals surface area contributed by atoms with Crippen molar-refractivity contribution in [3.63, 3.8) is 0 Å². The molecule has 0 spiro atoms. The fraction of sp³-hybridized carbons (Fsp3) is 0.522. The summed E-state index contributed by atoms with van der Waals surface area (Å²) in [5, 5.41) is 0. The highest BCUT2D eigenvalue weighted by Crippen LogP contribution is 2.31. The van der Waals surface area contributed by atoms with Gasteiger partial charge < -0.3 is 9.47 Å². The fourth-order valence-corrected chi connectivity index (χ4v) is 4.61. The summed E-state index contributed by atoms with van der Waals surface area (Å²) in [5.41, 5.74) is 3.10. The first-order valence-corrected chi connectivity index (χ1v) is 11.0. The lowest BCUT2D eigenvalue weighted by Crippen LogP contribution is -2.49. The molecule has 0 bridgehead atoms. The van der Waals surface area contributed by atoms with Gasteiger partial charge in [-0.3, -0.25) is 19.4 Å². The number of aromatic nitrogens is 2. The molecule has 2 aliphatic rings. The van der Waals surface area contributed by atoms with Crippen molar-refractivity contribution in [2.24, 2.45) is 0 Å². The van der Waals surface area contributed by atoms with Crippen LogP contribution >= 0.6 is 0 Å². The molecule has 0 radical (unpaired) electrons. The standard InChI is InChI=1S/C23H31N5O2/c1-4-5-10-27-17(2)20-21(18(27)3)23(30)28(22(20)29)16-13-25-11-14-26(15-12-25)19-8-6-7-9-24-19/h6-9H,4-5,10-16H2,1-3H3. The van der Waals surface area contributed by atoms with E-state index in [1.54, 1.807) is 0 Å². The average molecular weight is 410 g/mol. The maximum Gasteiger partial charge on any atom is 0.263 e. The lowest BCUT2D eigenvalue weighted by Gasteiger charge is -2.35. The molecule has 2 aromatic heterocycles. The number of carbonyl (C=O) groups excluding carboxylic acids is 2. The molecule has 2 amide bonds. The third-order valence-corrected chi connectivity index (χ3v) is 6.42. The molecule has 160 valence electrons. The van der Waals surface area contributed by atoms with Crippen molar-refractivity contribution in [3.8, 4) is 0 Å². The van der Waals surface area contributed by atoms with E-state index in [1.165, 1.54) is 4.90 Å². The number of pyridine rings is 1. The molecule has 0 N–H and O–H groups in total. The highest BCUT2D eigenvalue weighted by atomic mass is 16.2. The third-order valence-electron chi connectivity index (χ3n) is 6.42. The van der Waals surface area contributed by atoms with Gasteiger partial charge in [-0.15, -0.1) is 0 Å². The minimum absolute atomic E-state index is 0.127. The predicted octanol–water partition coefficient (Wildman–Crippen LogP) is 2.72. The molecule has 0 saturated carbocycles. The lowest BCUT2D eigenvalue weighted by molar-refractivity contribution is 0.0632. The molecule has 2 aromatic rings. The number of amides is 2. The van der Waals surface area contributed by atoms with Gasteiger partial charge in [-0.1, -0.05) is 19.4 Å². The Morgan fingerprint density at radius 2 is 1.57 bits per heavy atom. The van der Waals surface area contributed by atoms with Gasteiger partial charge in [0.05, 0.1) is 11.1 Å². The van der Waals surface area contributed by atoms with E-state index < -0.39 is 0 Å². The number of fused-ring (bicyclic) bond motifs is 1. The first-order chi connectivity index (χ1) is 14.5. The maximum absolute atomic E-state index is 13.0. The van der Waals surface area contributed by atoms with Crippen molar-refractivity contribution in [1.82, 2.24) is 19.4 Å². The van der Waals surface area contributed by atoms with Crippen LogP contribution < -0.4 is 4.90 Å². The van der Waals surface area contributed by atoms with Crippen molar-refractivity contribution in [2.45, 2.75) is 40.2 Å². The number of imide groups is 1. The van der Waals surface area contributed by atoms with E-state index in [0.29, 0.717) is 24.2 Å². The summed E-state index contributed by atoms with van der Waals surface area (Å²) in [7, 11) is 0. The second-order valence-corrected chi connectivity index (χ2v) is 8.20. The summed E-state index contributed by atoms with van der Waals surface area (Å²) < 4.78 is 2.14. The van der Waals surface area contributed by atoms with Gasteiger partial charge in [0.2, 0.25) is 0 Å². The van der Waals surface area contributed by atoms with Crippen LogP contribution in [0.1, 0.15) is 51.9 Å². The van der Waals surface area contributed by atoms with Crippen molar-refractivity contribution in [1.29, 1.82) is 0 Å². The minimum Gasteiger partial charge on any atom is -0.354 e. The van der Waals surface area contributed by atoms with Gasteiger partial charge in [-0.25, -0.2) is 4.98 Å². The Balaban J connectivity index is 1.36. The molecule has 1 fully saturated rings. The summed E-state index contributed by atoms with van der Waals surface area (Å²) in [5.74, 6) is 0.753. The molecule has 0 aromatic carbocycles. The van der Waals surface area contributed by atoms with Crippen LogP contribution in [-0.2, 0) is 6.54 Å². The number of unbranched alkanes of at least 4 members (excludes halogenated alkanes) is 1. The number of piperazine rings is 1. The monoisotopic (exact) mass is 409 g/mol. The molecule has 4 rings (SSSR count). The number of carbonyl (C=O) groups is 2. The predicted molar refractivity (Wildman–Crippen MR) is 117 cm³/mol. The Labute approximate surface area is 178 Å². The zero-order chi connectivity index (χ0) is 21.3. The normalized spacial score (nSPS) is 17.2. The Morgan fingerprint density at radius 1 is 0.900 bits per heavy atom. The lowest BCUT2D eigenvalue weighted by atomic mass is 10.1. The molecule has 7 nitrogen and oxygen atoms in total. The van der Waals surface area contributed by atoms with Crippen LogP contribution in [-0.4, -0.2) is 70.4 Å². The minimum atomic E-state index is -0.127. The highest BCUT2D eigenvalue weighted by Gasteiger charge is 2.41. The van der Waals surface area contributed by atoms with Gasteiger partial charge in [-0.05, 0) is 32.4 Å². The summed E-state index contributed by atoms with van der Waals surface area (Å²) in [4.78, 5) is 36.5. The summed E-state index contributed by atoms with van der Waals surface area (Å²) in [6.07, 6.45) is 3.95. The van der Waals surface area contributed by atoms with Crippen LogP contribution in [0.4, 0.5) is 5.82 Å². The molecule has 7 heteroatoms. The van der Waals surface area contributed by atoms with Crippen LogP contribution in [0.2, 0.25) is 0 Å². The number of anilines is 1. The van der Waals surface area contributed by atoms with E-state index in [2.05, 4.69) is 26.3 Å². The van der Waals surface area contributed by atoms with Crippen molar-refractivity contribution in [2.75, 3.05) is 44.2 Å². The van der Waals surface area contributed by atoms with Crippen LogP contribution in [0.15, 0.2) is 24.4 Å². The van der Waals surface area contributed by atoms with E-state index in [4.69, 9.17) is 0 Å². The van der Waals surface area contributed by atoms with Crippen LogP contribution in [0.5, 0.6) is 0 Å². The molecule has 4 heterocycles. The first-order valence-electron chi connectivity index (χ1n) is 11.0. The molecule has 1 saturated heterocycles. The Hall–Kier alpha value is -2.67. The van der Waals surface area contributed by atoms with Gasteiger partial charge in [0.25, 0.3) is 11.8 Å². The molecular formula is C23H31N5O2. The number of rotatable bonds is 7. The van der Waals surface area contributed by atoms with Crippen molar-refractivity contribution in [3.05, 3.63) is 46.9 Å². The molecule has 0 atom stereocenters. The Morgan fingerprint density at radius 3 is 2.13 bits per heavy atom. The summed E-state index contributed by atoms with van der Waals surface area (Å²) in [6.45, 7) is 11.7. The topological polar surface area (TPSA) is 61.7 Å². The van der Waals surface area contributed by atoms with Crippen molar-refractivity contribution < 1.29 is 9.59 Å². The van der Waals surface area contributed by atoms with Crippen molar-refractivity contribution >= 4 is 17.6 Å². The summed E-state index contributed by atoms with van der Waals surface area (Å²) in [6, 6.07) is 5.97. The number of hydrogen-bond donors (Lipinski definition) is 0. The number of nitrogens with zero attached hydrogens (tertiary/aromatic N) is 5. The fourth-order valence-electron chi connectivity index (χ4n) is 4.61. The molecule has 0 aliphatic carbocycles. The van der Waals surface area contributed by atoms with Gasteiger partial charge in [0.1, 0.15) is 5.82 Å². The number of hydrogen-bond acceptors (Lipinski definition) is 5. The Bertz CT molecular complexity index is 889. The van der Waals surface area contributed by atoms with Gasteiger partial charge in [0.15, 0.2) is 0 Å². The van der Waals surface area contributed by atoms with E-state index >= 15 is 0 Å². The second kappa shape index (κ2) is 8.60. The second-order valence-electron chi connectivity index (χ2n) is 8.20. The van der Waals surface area contributed by atoms with E-state index in [9.17, 15) is 9.59 Å². The zero-order valence-corrected chi connectivity index (χ0v) is 18.2. The molecule has 30 heavy (non-hydrogen) atoms. The molecule has 2 aliphatic heterocycles. The van der Waals surface area contributed by atoms with E-state index in [0.717, 1.165) is 62.8 Å². The van der Waals surface area contributed by atoms with E-state index in [-0.39, 0.29) is 11.8 Å². The first kappa shape index (κ1) is 20.6. The summed E-state index contributed by atoms with van der Waals surface area (Å²) >= 11 is 0. The van der Waals surface area contributed by atoms with Gasteiger partial charge in [0, 0.05) is 63.4 Å². The zero-order valence-electron chi connectivity index (χ0n) is 18.2. The van der Waals surface area contributed by atoms with Crippen LogP contribution in [0.25, 0.3) is 0 Å². The average Bonchev–Trinajstić information content (AvgIpc) is 3.17. The molecular weight excluding hydrogens is 378 g/mol. The van der Waals surface area contributed by atoms with E-state index in [1.807, 2.05) is 38.2 Å². The molecule has 0 unspecified atom stereocenters. The quantitative estimate of drug-likeness (QED) is 0.658. The van der Waals surface area contributed by atoms with Crippen LogP contribution in [0, 0.1) is 13.8 Å². The van der Waals surface area contributed by atoms with Gasteiger partial charge >= 0.3 is 0 Å². The smallest absolute Gasteiger partial charge is 0.263 e. The SMILES string of the molecule is CCCCn1c(C)c2c(c1C)C(=O)N(CCN1CCN(c3ccccn3)CC1)C2=O.